The molecule has 0 heterocycles. The zero-order chi connectivity index (χ0) is 32.9. The predicted molar refractivity (Wildman–Crippen MR) is 194 cm³/mol. The number of benzene rings is 6. The summed E-state index contributed by atoms with van der Waals surface area (Å²) < 4.78 is 0. The van der Waals surface area contributed by atoms with Crippen molar-refractivity contribution >= 4 is 5.57 Å². The maximum absolute atomic E-state index is 10.0. The molecule has 1 aliphatic carbocycles. The minimum atomic E-state index is 0.571. The predicted octanol–water partition coefficient (Wildman–Crippen LogP) is 11.4. The number of allylic oxidation sites excluding steroid dienone is 4. The van der Waals surface area contributed by atoms with Crippen LogP contribution in [0.25, 0.3) is 61.2 Å². The molecule has 0 spiro atoms. The van der Waals surface area contributed by atoms with Crippen molar-refractivity contribution in [1.29, 1.82) is 15.8 Å². The van der Waals surface area contributed by atoms with Gasteiger partial charge >= 0.3 is 0 Å². The van der Waals surface area contributed by atoms with Crippen molar-refractivity contribution in [2.24, 2.45) is 0 Å². The van der Waals surface area contributed by atoms with E-state index in [4.69, 9.17) is 0 Å². The second-order valence-electron chi connectivity index (χ2n) is 11.9. The molecule has 0 atom stereocenters. The summed E-state index contributed by atoms with van der Waals surface area (Å²) in [5.41, 5.74) is 13.5. The van der Waals surface area contributed by atoms with E-state index in [-0.39, 0.29) is 0 Å². The van der Waals surface area contributed by atoms with Gasteiger partial charge in [0.15, 0.2) is 0 Å². The number of nitriles is 3. The summed E-state index contributed by atoms with van der Waals surface area (Å²) in [7, 11) is 0. The Morgan fingerprint density at radius 3 is 1.06 bits per heavy atom. The van der Waals surface area contributed by atoms with Crippen LogP contribution in [0.5, 0.6) is 0 Å². The van der Waals surface area contributed by atoms with Gasteiger partial charge in [0.1, 0.15) is 0 Å². The van der Waals surface area contributed by atoms with Crippen LogP contribution in [-0.2, 0) is 0 Å². The van der Waals surface area contributed by atoms with E-state index in [1.807, 2.05) is 97.1 Å². The van der Waals surface area contributed by atoms with E-state index < -0.39 is 0 Å². The maximum atomic E-state index is 10.0. The van der Waals surface area contributed by atoms with Crippen molar-refractivity contribution in [3.05, 3.63) is 174 Å². The molecule has 0 saturated heterocycles. The topological polar surface area (TPSA) is 71.4 Å². The van der Waals surface area contributed by atoms with Gasteiger partial charge in [-0.2, -0.15) is 15.8 Å². The molecule has 0 fully saturated rings. The van der Waals surface area contributed by atoms with Gasteiger partial charge in [-0.1, -0.05) is 78.9 Å². The quantitative estimate of drug-likeness (QED) is 0.188. The molecule has 6 aromatic carbocycles. The third-order valence-corrected chi connectivity index (χ3v) is 8.72. The zero-order valence-electron chi connectivity index (χ0n) is 26.2. The fraction of sp³-hybridized carbons (Fsp3) is 0.0444. The van der Waals surface area contributed by atoms with Crippen LogP contribution in [-0.4, -0.2) is 0 Å². The van der Waals surface area contributed by atoms with Crippen molar-refractivity contribution in [3.8, 4) is 73.8 Å². The van der Waals surface area contributed by atoms with E-state index in [9.17, 15) is 15.8 Å². The SMILES string of the molecule is N#Cc1cc(C2=CC=CCC2)cc(-c2cc(-c3cc(C#N)cc(-c4ccccc4)c3)cc(-c3cc(C#N)cc(-c4ccccc4)c3)c2)c1. The van der Waals surface area contributed by atoms with E-state index >= 15 is 0 Å². The molecule has 3 heteroatoms. The normalized spacial score (nSPS) is 12.0. The van der Waals surface area contributed by atoms with Crippen LogP contribution >= 0.6 is 0 Å². The van der Waals surface area contributed by atoms with Crippen molar-refractivity contribution in [1.82, 2.24) is 0 Å². The fourth-order valence-electron chi connectivity index (χ4n) is 6.33. The average molecular weight is 612 g/mol. The third kappa shape index (κ3) is 6.34. The van der Waals surface area contributed by atoms with Gasteiger partial charge in [0.05, 0.1) is 34.9 Å². The van der Waals surface area contributed by atoms with Crippen molar-refractivity contribution < 1.29 is 0 Å². The van der Waals surface area contributed by atoms with Gasteiger partial charge in [0.2, 0.25) is 0 Å². The Morgan fingerprint density at radius 1 is 0.375 bits per heavy atom. The fourth-order valence-corrected chi connectivity index (χ4v) is 6.33. The first kappa shape index (κ1) is 30.0. The molecule has 0 saturated carbocycles. The highest BCUT2D eigenvalue weighted by molar-refractivity contribution is 5.86. The van der Waals surface area contributed by atoms with E-state index in [1.54, 1.807) is 0 Å². The molecule has 0 radical (unpaired) electrons. The first-order chi connectivity index (χ1) is 23.6. The van der Waals surface area contributed by atoms with E-state index in [2.05, 4.69) is 72.8 Å². The molecular formula is C45H29N3. The lowest BCUT2D eigenvalue weighted by atomic mass is 9.88. The Kier molecular flexibility index (Phi) is 8.31. The summed E-state index contributed by atoms with van der Waals surface area (Å²) in [5, 5.41) is 30.1. The highest BCUT2D eigenvalue weighted by Gasteiger charge is 2.14. The number of nitrogens with zero attached hydrogens (tertiary/aromatic N) is 3. The highest BCUT2D eigenvalue weighted by Crippen LogP contribution is 2.38. The Balaban J connectivity index is 1.47. The monoisotopic (exact) mass is 611 g/mol. The Labute approximate surface area is 281 Å². The second kappa shape index (κ2) is 13.3. The largest absolute Gasteiger partial charge is 0.192 e. The second-order valence-corrected chi connectivity index (χ2v) is 11.9. The van der Waals surface area contributed by atoms with Gasteiger partial charge in [-0.15, -0.1) is 0 Å². The lowest BCUT2D eigenvalue weighted by Crippen LogP contribution is -1.93. The molecule has 0 unspecified atom stereocenters. The molecule has 0 aliphatic heterocycles. The molecular weight excluding hydrogens is 583 g/mol. The van der Waals surface area contributed by atoms with E-state index in [0.29, 0.717) is 16.7 Å². The summed E-state index contributed by atoms with van der Waals surface area (Å²) in [6.07, 6.45) is 8.25. The minimum absolute atomic E-state index is 0.571. The zero-order valence-corrected chi connectivity index (χ0v) is 26.2. The molecule has 6 aromatic rings. The maximum Gasteiger partial charge on any atom is 0.0992 e. The minimum Gasteiger partial charge on any atom is -0.192 e. The molecule has 48 heavy (non-hydrogen) atoms. The molecule has 224 valence electrons. The van der Waals surface area contributed by atoms with E-state index in [0.717, 1.165) is 74.0 Å². The van der Waals surface area contributed by atoms with Gasteiger partial charge in [-0.05, 0) is 152 Å². The van der Waals surface area contributed by atoms with Crippen LogP contribution < -0.4 is 0 Å². The Morgan fingerprint density at radius 2 is 0.708 bits per heavy atom. The van der Waals surface area contributed by atoms with Crippen LogP contribution in [0.3, 0.4) is 0 Å². The molecule has 3 nitrogen and oxygen atoms in total. The van der Waals surface area contributed by atoms with Crippen LogP contribution in [0, 0.1) is 34.0 Å². The highest BCUT2D eigenvalue weighted by atomic mass is 14.3. The first-order valence-electron chi connectivity index (χ1n) is 15.9. The average Bonchev–Trinajstić information content (AvgIpc) is 3.18. The summed E-state index contributed by atoms with van der Waals surface area (Å²) in [4.78, 5) is 0. The Bertz CT molecular complexity index is 2240. The summed E-state index contributed by atoms with van der Waals surface area (Å²) in [6.45, 7) is 0. The van der Waals surface area contributed by atoms with E-state index in [1.165, 1.54) is 5.57 Å². The van der Waals surface area contributed by atoms with Gasteiger partial charge in [-0.3, -0.25) is 0 Å². The van der Waals surface area contributed by atoms with Crippen LogP contribution in [0.4, 0.5) is 0 Å². The van der Waals surface area contributed by atoms with Crippen molar-refractivity contribution in [3.63, 3.8) is 0 Å². The van der Waals surface area contributed by atoms with Crippen molar-refractivity contribution in [2.45, 2.75) is 12.8 Å². The molecule has 1 aliphatic rings. The third-order valence-electron chi connectivity index (χ3n) is 8.72. The lowest BCUT2D eigenvalue weighted by Gasteiger charge is -2.16. The van der Waals surface area contributed by atoms with Crippen LogP contribution in [0.1, 0.15) is 35.1 Å². The summed E-state index contributed by atoms with van der Waals surface area (Å²) in [6, 6.07) is 51.6. The van der Waals surface area contributed by atoms with Gasteiger partial charge in [0, 0.05) is 0 Å². The number of hydrogen-bond donors (Lipinski definition) is 0. The van der Waals surface area contributed by atoms with Crippen LogP contribution in [0.15, 0.2) is 152 Å². The summed E-state index contributed by atoms with van der Waals surface area (Å²) >= 11 is 0. The summed E-state index contributed by atoms with van der Waals surface area (Å²) in [5.74, 6) is 0. The first-order valence-corrected chi connectivity index (χ1v) is 15.9. The van der Waals surface area contributed by atoms with Crippen LogP contribution in [0.2, 0.25) is 0 Å². The van der Waals surface area contributed by atoms with Crippen molar-refractivity contribution in [2.75, 3.05) is 0 Å². The molecule has 0 bridgehead atoms. The van der Waals surface area contributed by atoms with Gasteiger partial charge in [-0.25, -0.2) is 0 Å². The lowest BCUT2D eigenvalue weighted by molar-refractivity contribution is 1.05. The Hall–Kier alpha value is -6.73. The van der Waals surface area contributed by atoms with Gasteiger partial charge in [0.25, 0.3) is 0 Å². The smallest absolute Gasteiger partial charge is 0.0992 e. The number of rotatable bonds is 6. The van der Waals surface area contributed by atoms with Gasteiger partial charge < -0.3 is 0 Å². The molecule has 0 aromatic heterocycles. The molecule has 7 rings (SSSR count). The number of hydrogen-bond acceptors (Lipinski definition) is 3. The molecule has 0 amide bonds. The molecule has 0 N–H and O–H groups in total. The standard InChI is InChI=1S/C45H29N3/c46-28-31-16-37(34-10-4-1-5-11-34)22-40(19-31)43-25-44(41-20-32(29-47)17-38(23-41)35-12-6-2-7-13-35)27-45(26-43)42-21-33(30-48)18-39(24-42)36-14-8-3-9-15-36/h1-8,10-14,16-27H,9,15H2.